The topological polar surface area (TPSA) is 13.0 Å². The largest absolute Gasteiger partial charge is 0.311 e. The molecule has 73 heavy (non-hydrogen) atoms. The maximum atomic E-state index is 2.64. The van der Waals surface area contributed by atoms with Crippen molar-refractivity contribution in [2.75, 3.05) is 19.6 Å². The summed E-state index contributed by atoms with van der Waals surface area (Å²) in [6.07, 6.45) is 0. The van der Waals surface area contributed by atoms with Crippen molar-refractivity contribution < 1.29 is 0 Å². The van der Waals surface area contributed by atoms with Crippen LogP contribution >= 0.6 is 0 Å². The van der Waals surface area contributed by atoms with Crippen molar-refractivity contribution in [2.24, 2.45) is 0 Å². The third-order valence-corrected chi connectivity index (χ3v) is 16.7. The molecule has 4 heterocycles. The van der Waals surface area contributed by atoms with Gasteiger partial charge in [-0.1, -0.05) is 176 Å². The molecule has 1 aliphatic carbocycles. The molecule has 0 N–H and O–H groups in total. The first-order chi connectivity index (χ1) is 35.3. The van der Waals surface area contributed by atoms with Crippen LogP contribution in [-0.4, -0.2) is 13.4 Å². The zero-order valence-corrected chi connectivity index (χ0v) is 43.1. The number of fused-ring (bicyclic) bond motifs is 9. The number of anilines is 11. The lowest BCUT2D eigenvalue weighted by atomic mass is 9.29. The van der Waals surface area contributed by atoms with Gasteiger partial charge in [-0.15, -0.1) is 0 Å². The molecule has 0 unspecified atom stereocenters. The molecular weight excluding hydrogens is 882 g/mol. The van der Waals surface area contributed by atoms with Crippen LogP contribution in [-0.2, 0) is 16.2 Å². The average molecular weight is 941 g/mol. The second-order valence-corrected chi connectivity index (χ2v) is 23.4. The van der Waals surface area contributed by atoms with E-state index in [0.717, 1.165) is 17.1 Å². The highest BCUT2D eigenvalue weighted by atomic mass is 15.2. The van der Waals surface area contributed by atoms with Gasteiger partial charge in [-0.05, 0) is 146 Å². The Morgan fingerprint density at radius 2 is 0.712 bits per heavy atom. The van der Waals surface area contributed by atoms with Gasteiger partial charge in [0.2, 0.25) is 6.71 Å². The molecule has 9 aromatic carbocycles. The first-order valence-corrected chi connectivity index (χ1v) is 26.2. The summed E-state index contributed by atoms with van der Waals surface area (Å²) in [6.45, 7) is 19.0. The van der Waals surface area contributed by atoms with E-state index in [4.69, 9.17) is 0 Å². The molecule has 5 aliphatic rings. The zero-order valence-electron chi connectivity index (χ0n) is 43.1. The number of hydrogen-bond acceptors (Lipinski definition) is 4. The SMILES string of the molecule is CC(C)(C)c1cc2c3c(c1)N(c1ccccc1)c1cc4c(cc1B3C1=C(c3ccccc3C1(C)C)N2c1ccccc1)N(c1ccccc1)c1cc(C(C)(C)C)cc2c1B4c1ccccc1N2c1ccccc1. The summed E-state index contributed by atoms with van der Waals surface area (Å²) < 4.78 is 0. The van der Waals surface area contributed by atoms with Crippen LogP contribution < -0.4 is 46.9 Å². The smallest absolute Gasteiger partial charge is 0.252 e. The predicted octanol–water partition coefficient (Wildman–Crippen LogP) is 14.1. The molecule has 0 fully saturated rings. The van der Waals surface area contributed by atoms with Crippen LogP contribution in [0.25, 0.3) is 5.70 Å². The Morgan fingerprint density at radius 3 is 1.19 bits per heavy atom. The van der Waals surface area contributed by atoms with Gasteiger partial charge in [0, 0.05) is 79.2 Å². The Bertz CT molecular complexity index is 3760. The van der Waals surface area contributed by atoms with Gasteiger partial charge in [-0.3, -0.25) is 0 Å². The van der Waals surface area contributed by atoms with E-state index in [1.165, 1.54) is 106 Å². The zero-order chi connectivity index (χ0) is 49.7. The Balaban J connectivity index is 1.15. The summed E-state index contributed by atoms with van der Waals surface area (Å²) in [6, 6.07) is 78.2. The molecule has 14 rings (SSSR count). The Kier molecular flexibility index (Phi) is 9.32. The molecule has 0 radical (unpaired) electrons. The van der Waals surface area contributed by atoms with Gasteiger partial charge in [0.05, 0.1) is 0 Å². The predicted molar refractivity (Wildman–Crippen MR) is 313 cm³/mol. The van der Waals surface area contributed by atoms with Crippen LogP contribution in [0.2, 0.25) is 0 Å². The number of allylic oxidation sites excluding steroid dienone is 1. The van der Waals surface area contributed by atoms with Gasteiger partial charge < -0.3 is 19.6 Å². The van der Waals surface area contributed by atoms with Crippen LogP contribution in [0.15, 0.2) is 212 Å². The summed E-state index contributed by atoms with van der Waals surface area (Å²) in [5, 5.41) is 0. The standard InChI is InChI=1S/C67H58B2N4/c1-65(2,3)43-37-57-61-58(38-43)71(46-27-15-10-16-28-46)55-42-53-56(41-52(55)68(61)51-35-23-24-36-54(51)70(57)45-25-13-9-14-26-45)72(47-29-17-11-18-30-47)59-39-44(66(4,5)6)40-60-62(59)69(53)64-63(73(60)48-31-19-12-20-32-48)49-33-21-22-34-50(49)67(64,7)8/h9-42H,1-8H3. The van der Waals surface area contributed by atoms with Crippen molar-refractivity contribution in [2.45, 2.75) is 71.6 Å². The van der Waals surface area contributed by atoms with Crippen LogP contribution in [0.5, 0.6) is 0 Å². The summed E-state index contributed by atoms with van der Waals surface area (Å²) in [5.41, 5.74) is 27.4. The highest BCUT2D eigenvalue weighted by molar-refractivity contribution is 7.01. The van der Waals surface area contributed by atoms with Crippen LogP contribution in [0.3, 0.4) is 0 Å². The second-order valence-electron chi connectivity index (χ2n) is 23.4. The highest BCUT2D eigenvalue weighted by Gasteiger charge is 2.54. The lowest BCUT2D eigenvalue weighted by Crippen LogP contribution is -2.63. The molecule has 6 heteroatoms. The van der Waals surface area contributed by atoms with E-state index in [2.05, 4.69) is 281 Å². The van der Waals surface area contributed by atoms with Crippen LogP contribution in [0.4, 0.5) is 62.6 Å². The van der Waals surface area contributed by atoms with Gasteiger partial charge in [-0.2, -0.15) is 0 Å². The van der Waals surface area contributed by atoms with Crippen molar-refractivity contribution >= 4 is 109 Å². The first-order valence-electron chi connectivity index (χ1n) is 26.2. The van der Waals surface area contributed by atoms with Crippen LogP contribution in [0.1, 0.15) is 77.6 Å². The van der Waals surface area contributed by atoms with Crippen molar-refractivity contribution in [3.8, 4) is 0 Å². The van der Waals surface area contributed by atoms with Gasteiger partial charge in [0.25, 0.3) is 6.71 Å². The monoisotopic (exact) mass is 940 g/mol. The fourth-order valence-corrected chi connectivity index (χ4v) is 13.3. The number of nitrogens with zero attached hydrogens (tertiary/aromatic N) is 4. The Hall–Kier alpha value is -7.95. The van der Waals surface area contributed by atoms with E-state index in [1.54, 1.807) is 0 Å². The molecule has 0 amide bonds. The van der Waals surface area contributed by atoms with E-state index < -0.39 is 0 Å². The minimum absolute atomic E-state index is 0.0483. The van der Waals surface area contributed by atoms with E-state index in [-0.39, 0.29) is 29.7 Å². The molecule has 4 nitrogen and oxygen atoms in total. The van der Waals surface area contributed by atoms with Crippen molar-refractivity contribution in [3.63, 3.8) is 0 Å². The lowest BCUT2D eigenvalue weighted by molar-refractivity contribution is 0.590. The highest BCUT2D eigenvalue weighted by Crippen LogP contribution is 2.57. The number of rotatable bonds is 4. The van der Waals surface area contributed by atoms with E-state index in [1.807, 2.05) is 0 Å². The normalized spacial score (nSPS) is 15.6. The second kappa shape index (κ2) is 15.5. The summed E-state index contributed by atoms with van der Waals surface area (Å²) in [7, 11) is 0. The molecule has 9 aromatic rings. The molecule has 0 aromatic heterocycles. The number of para-hydroxylation sites is 5. The fraction of sp³-hybridized carbons (Fsp3) is 0.164. The minimum atomic E-state index is -0.297. The Labute approximate surface area is 432 Å². The molecule has 0 atom stereocenters. The first kappa shape index (κ1) is 43.8. The van der Waals surface area contributed by atoms with Crippen LogP contribution in [0, 0.1) is 0 Å². The van der Waals surface area contributed by atoms with Gasteiger partial charge in [0.1, 0.15) is 0 Å². The quantitative estimate of drug-likeness (QED) is 0.163. The van der Waals surface area contributed by atoms with Gasteiger partial charge >= 0.3 is 0 Å². The van der Waals surface area contributed by atoms with Gasteiger partial charge in [0.15, 0.2) is 0 Å². The molecule has 0 bridgehead atoms. The van der Waals surface area contributed by atoms with E-state index in [0.29, 0.717) is 0 Å². The molecule has 4 aliphatic heterocycles. The molecule has 352 valence electrons. The van der Waals surface area contributed by atoms with Crippen molar-refractivity contribution in [1.29, 1.82) is 0 Å². The Morgan fingerprint density at radius 1 is 0.342 bits per heavy atom. The molecule has 0 saturated carbocycles. The lowest BCUT2D eigenvalue weighted by Gasteiger charge is -2.48. The maximum absolute atomic E-state index is 2.64. The third-order valence-electron chi connectivity index (χ3n) is 16.7. The summed E-state index contributed by atoms with van der Waals surface area (Å²) in [5.74, 6) is 0. The van der Waals surface area contributed by atoms with E-state index in [9.17, 15) is 0 Å². The summed E-state index contributed by atoms with van der Waals surface area (Å²) in [4.78, 5) is 10.4. The van der Waals surface area contributed by atoms with Gasteiger partial charge in [-0.25, -0.2) is 0 Å². The minimum Gasteiger partial charge on any atom is -0.311 e. The fourth-order valence-electron chi connectivity index (χ4n) is 13.3. The molecule has 0 spiro atoms. The molecule has 0 saturated heterocycles. The van der Waals surface area contributed by atoms with Crippen molar-refractivity contribution in [1.82, 2.24) is 0 Å². The average Bonchev–Trinajstić information content (AvgIpc) is 3.65. The summed E-state index contributed by atoms with van der Waals surface area (Å²) >= 11 is 0. The molecular formula is C67H58B2N4. The third kappa shape index (κ3) is 6.29. The van der Waals surface area contributed by atoms with Crippen molar-refractivity contribution in [3.05, 3.63) is 234 Å². The number of benzene rings is 9. The maximum Gasteiger partial charge on any atom is 0.252 e. The number of hydrogen-bond donors (Lipinski definition) is 0. The van der Waals surface area contributed by atoms with E-state index >= 15 is 0 Å².